The maximum absolute atomic E-state index is 11.4. The molecule has 0 aliphatic heterocycles. The van der Waals surface area contributed by atoms with Gasteiger partial charge in [-0.2, -0.15) is 0 Å². The quantitative estimate of drug-likeness (QED) is 0.325. The Morgan fingerprint density at radius 1 is 0.867 bits per heavy atom. The van der Waals surface area contributed by atoms with Crippen LogP contribution in [0.1, 0.15) is 10.4 Å². The fourth-order valence-corrected chi connectivity index (χ4v) is 2.71. The van der Waals surface area contributed by atoms with Gasteiger partial charge in [0.1, 0.15) is 0 Å². The van der Waals surface area contributed by atoms with Crippen molar-refractivity contribution in [3.63, 3.8) is 0 Å². The van der Waals surface area contributed by atoms with Crippen LogP contribution >= 0.6 is 58.0 Å². The van der Waals surface area contributed by atoms with E-state index in [1.807, 2.05) is 0 Å². The summed E-state index contributed by atoms with van der Waals surface area (Å²) in [7, 11) is 0. The van der Waals surface area contributed by atoms with Gasteiger partial charge in [0.05, 0.1) is 0 Å². The van der Waals surface area contributed by atoms with Crippen LogP contribution in [-0.4, -0.2) is 5.97 Å². The Morgan fingerprint density at radius 2 is 1.20 bits per heavy atom. The van der Waals surface area contributed by atoms with Gasteiger partial charge in [0, 0.05) is 0 Å². The third-order valence-corrected chi connectivity index (χ3v) is 4.84. The van der Waals surface area contributed by atoms with Crippen LogP contribution in [0.4, 0.5) is 0 Å². The summed E-state index contributed by atoms with van der Waals surface area (Å²) in [6.45, 7) is 0. The fraction of sp³-hybridized carbons (Fsp3) is 0. The van der Waals surface area contributed by atoms with E-state index in [0.29, 0.717) is 0 Å². The van der Waals surface area contributed by atoms with Crippen LogP contribution in [-0.2, 0) is 29.2 Å². The SMILES string of the molecule is O=C([O][Hg])c1c(Cl)c(Cl)c(Cl)c(Cl)c1Cl. The molecule has 0 bridgehead atoms. The summed E-state index contributed by atoms with van der Waals surface area (Å²) in [5.74, 6) is -0.645. The third kappa shape index (κ3) is 2.67. The predicted molar refractivity (Wildman–Crippen MR) is 56.9 cm³/mol. The molecule has 0 aliphatic carbocycles. The number of hydrogen-bond donors (Lipinski definition) is 0. The second-order valence-corrected chi connectivity index (χ2v) is 5.39. The minimum atomic E-state index is -0.645. The number of benzene rings is 1. The molecule has 0 saturated heterocycles. The van der Waals surface area contributed by atoms with Crippen molar-refractivity contribution in [3.05, 3.63) is 30.7 Å². The molecule has 0 fully saturated rings. The topological polar surface area (TPSA) is 26.3 Å². The standard InChI is InChI=1S/C7HCl5O2.Hg/c8-2-1(7(13)14)3(9)5(11)6(12)4(2)10;/h(H,13,14);/q;+1/p-1. The number of hydrogen-bond acceptors (Lipinski definition) is 2. The van der Waals surface area contributed by atoms with Gasteiger partial charge in [-0.25, -0.2) is 0 Å². The molecule has 1 aromatic rings. The molecular weight excluding hydrogens is 494 g/mol. The molecule has 1 aromatic carbocycles. The second-order valence-electron chi connectivity index (χ2n) is 2.38. The Labute approximate surface area is 127 Å². The van der Waals surface area contributed by atoms with Crippen LogP contribution in [0.25, 0.3) is 0 Å². The molecule has 15 heavy (non-hydrogen) atoms. The summed E-state index contributed by atoms with van der Waals surface area (Å²) >= 11 is 28.7. The first-order chi connectivity index (χ1) is 6.91. The van der Waals surface area contributed by atoms with Gasteiger partial charge in [0.15, 0.2) is 0 Å². The zero-order chi connectivity index (χ0) is 11.7. The summed E-state index contributed by atoms with van der Waals surface area (Å²) in [6, 6.07) is 0. The summed E-state index contributed by atoms with van der Waals surface area (Å²) < 4.78 is 4.67. The van der Waals surface area contributed by atoms with E-state index < -0.39 is 5.97 Å². The van der Waals surface area contributed by atoms with Crippen molar-refractivity contribution < 1.29 is 34.0 Å². The molecule has 0 spiro atoms. The third-order valence-electron chi connectivity index (χ3n) is 1.55. The van der Waals surface area contributed by atoms with Crippen molar-refractivity contribution in [1.82, 2.24) is 0 Å². The molecule has 0 heterocycles. The molecule has 0 aromatic heterocycles. The van der Waals surface area contributed by atoms with Crippen molar-refractivity contribution in [2.24, 2.45) is 0 Å². The van der Waals surface area contributed by atoms with Crippen LogP contribution in [0.2, 0.25) is 25.1 Å². The van der Waals surface area contributed by atoms with Gasteiger partial charge in [0.25, 0.3) is 0 Å². The van der Waals surface area contributed by atoms with Crippen LogP contribution < -0.4 is 0 Å². The molecule has 0 amide bonds. The predicted octanol–water partition coefficient (Wildman–Crippen LogP) is 4.57. The van der Waals surface area contributed by atoms with Crippen molar-refractivity contribution in [2.45, 2.75) is 0 Å². The maximum atomic E-state index is 11.4. The van der Waals surface area contributed by atoms with Gasteiger partial charge >= 0.3 is 129 Å². The first-order valence-electron chi connectivity index (χ1n) is 3.39. The Balaban J connectivity index is 3.60. The van der Waals surface area contributed by atoms with E-state index >= 15 is 0 Å². The van der Waals surface area contributed by atoms with Crippen molar-refractivity contribution in [1.29, 1.82) is 0 Å². The van der Waals surface area contributed by atoms with Crippen LogP contribution in [0.15, 0.2) is 0 Å². The van der Waals surface area contributed by atoms with Gasteiger partial charge in [-0.05, 0) is 0 Å². The number of carbonyl (C=O) groups excluding carboxylic acids is 1. The van der Waals surface area contributed by atoms with Crippen molar-refractivity contribution in [3.8, 4) is 0 Å². The van der Waals surface area contributed by atoms with Gasteiger partial charge in [-0.3, -0.25) is 0 Å². The van der Waals surface area contributed by atoms with E-state index in [1.165, 1.54) is 0 Å². The first-order valence-corrected chi connectivity index (χ1v) is 7.53. The number of rotatable bonds is 1. The van der Waals surface area contributed by atoms with Gasteiger partial charge in [0.2, 0.25) is 0 Å². The average Bonchev–Trinajstić information content (AvgIpc) is 2.23. The zero-order valence-corrected chi connectivity index (χ0v) is 16.2. The summed E-state index contributed by atoms with van der Waals surface area (Å²) in [4.78, 5) is 11.4. The van der Waals surface area contributed by atoms with E-state index in [1.54, 1.807) is 0 Å². The zero-order valence-electron chi connectivity index (χ0n) is 6.91. The Kier molecular flexibility index (Phi) is 5.29. The molecular formula is C7Cl5HgO2. The summed E-state index contributed by atoms with van der Waals surface area (Å²) in [6.07, 6.45) is 0. The molecule has 0 unspecified atom stereocenters. The van der Waals surface area contributed by atoms with E-state index in [0.717, 1.165) is 0 Å². The molecule has 1 rings (SSSR count). The number of halogens is 5. The molecule has 2 nitrogen and oxygen atoms in total. The summed E-state index contributed by atoms with van der Waals surface area (Å²) in [5.41, 5.74) is -0.0484. The molecule has 0 radical (unpaired) electrons. The Morgan fingerprint density at radius 3 is 1.53 bits per heavy atom. The molecule has 77 valence electrons. The Hall–Kier alpha value is 1.08. The summed E-state index contributed by atoms with van der Waals surface area (Å²) in [5, 5.41) is -0.107. The van der Waals surface area contributed by atoms with E-state index in [2.05, 4.69) is 2.64 Å². The first kappa shape index (κ1) is 14.1. The van der Waals surface area contributed by atoms with Gasteiger partial charge < -0.3 is 0 Å². The molecule has 0 N–H and O–H groups in total. The Bertz CT molecular complexity index is 405. The second kappa shape index (κ2) is 5.61. The molecule has 0 atom stereocenters. The van der Waals surface area contributed by atoms with Gasteiger partial charge in [-0.15, -0.1) is 0 Å². The van der Waals surface area contributed by atoms with Crippen LogP contribution in [0, 0.1) is 0 Å². The molecule has 8 heteroatoms. The minimum absolute atomic E-state index is 0.0125. The fourth-order valence-electron chi connectivity index (χ4n) is 0.856. The van der Waals surface area contributed by atoms with Gasteiger partial charge in [-0.1, -0.05) is 0 Å². The number of carbonyl (C=O) groups is 1. The van der Waals surface area contributed by atoms with Crippen molar-refractivity contribution in [2.75, 3.05) is 0 Å². The molecule has 0 aliphatic rings. The monoisotopic (exact) mass is 493 g/mol. The van der Waals surface area contributed by atoms with Crippen LogP contribution in [0.5, 0.6) is 0 Å². The van der Waals surface area contributed by atoms with E-state index in [4.69, 9.17) is 58.0 Å². The van der Waals surface area contributed by atoms with Crippen LogP contribution in [0.3, 0.4) is 0 Å². The van der Waals surface area contributed by atoms with E-state index in [9.17, 15) is 4.79 Å². The molecule has 0 saturated carbocycles. The normalized spacial score (nSPS) is 10.3. The average molecular weight is 494 g/mol. The van der Waals surface area contributed by atoms with Crippen molar-refractivity contribution >= 4 is 64.0 Å². The van der Waals surface area contributed by atoms with E-state index in [-0.39, 0.29) is 57.3 Å².